The van der Waals surface area contributed by atoms with E-state index in [0.29, 0.717) is 6.04 Å². The number of rotatable bonds is 2. The first kappa shape index (κ1) is 12.0. The lowest BCUT2D eigenvalue weighted by Crippen LogP contribution is -2.06. The van der Waals surface area contributed by atoms with Gasteiger partial charge in [-0.25, -0.2) is 4.99 Å². The predicted molar refractivity (Wildman–Crippen MR) is 69.9 cm³/mol. The van der Waals surface area contributed by atoms with E-state index in [-0.39, 0.29) is 0 Å². The highest BCUT2D eigenvalue weighted by Crippen LogP contribution is 2.19. The van der Waals surface area contributed by atoms with Crippen molar-refractivity contribution in [1.29, 1.82) is 0 Å². The van der Waals surface area contributed by atoms with Crippen molar-refractivity contribution in [2.24, 2.45) is 9.98 Å². The van der Waals surface area contributed by atoms with Gasteiger partial charge in [0, 0.05) is 12.4 Å². The molecule has 0 aromatic carbocycles. The summed E-state index contributed by atoms with van der Waals surface area (Å²) in [5, 5.41) is 0. The number of aromatic nitrogens is 1. The zero-order valence-corrected chi connectivity index (χ0v) is 10.2. The number of aliphatic imine (C=N–C) groups is 2. The summed E-state index contributed by atoms with van der Waals surface area (Å²) in [5.41, 5.74) is 0.870. The minimum atomic E-state index is 0.431. The normalized spacial score (nSPS) is 17.6. The summed E-state index contributed by atoms with van der Waals surface area (Å²) in [6.45, 7) is 0. The molecular formula is C14H19N3. The fourth-order valence-corrected chi connectivity index (χ4v) is 2.15. The van der Waals surface area contributed by atoms with Crippen molar-refractivity contribution < 1.29 is 0 Å². The number of nitrogens with zero attached hydrogens (tertiary/aromatic N) is 3. The van der Waals surface area contributed by atoms with Gasteiger partial charge in [-0.05, 0) is 25.0 Å². The number of pyridine rings is 1. The Morgan fingerprint density at radius 1 is 1.00 bits per heavy atom. The number of hydrogen-bond donors (Lipinski definition) is 0. The van der Waals surface area contributed by atoms with Gasteiger partial charge in [-0.3, -0.25) is 4.98 Å². The fraction of sp³-hybridized carbons (Fsp3) is 0.571. The monoisotopic (exact) mass is 229 g/mol. The van der Waals surface area contributed by atoms with E-state index >= 15 is 0 Å². The maximum absolute atomic E-state index is 4.44. The van der Waals surface area contributed by atoms with Crippen LogP contribution < -0.4 is 0 Å². The molecule has 1 saturated carbocycles. The Hall–Kier alpha value is -1.47. The minimum absolute atomic E-state index is 0.431. The largest absolute Gasteiger partial charge is 0.265 e. The van der Waals surface area contributed by atoms with Crippen molar-refractivity contribution >= 4 is 11.7 Å². The van der Waals surface area contributed by atoms with Crippen LogP contribution in [0.3, 0.4) is 0 Å². The van der Waals surface area contributed by atoms with Gasteiger partial charge in [-0.15, -0.1) is 0 Å². The molecule has 0 unspecified atom stereocenters. The van der Waals surface area contributed by atoms with Crippen molar-refractivity contribution in [3.05, 3.63) is 24.5 Å². The second-order valence-electron chi connectivity index (χ2n) is 4.55. The van der Waals surface area contributed by atoms with Crippen LogP contribution in [0.15, 0.2) is 34.5 Å². The van der Waals surface area contributed by atoms with Crippen LogP contribution in [0.2, 0.25) is 0 Å². The van der Waals surface area contributed by atoms with Crippen molar-refractivity contribution in [3.63, 3.8) is 0 Å². The second-order valence-corrected chi connectivity index (χ2v) is 4.55. The minimum Gasteiger partial charge on any atom is -0.265 e. The van der Waals surface area contributed by atoms with E-state index in [9.17, 15) is 0 Å². The van der Waals surface area contributed by atoms with Crippen LogP contribution in [0.25, 0.3) is 0 Å². The van der Waals surface area contributed by atoms with Gasteiger partial charge in [0.2, 0.25) is 0 Å². The van der Waals surface area contributed by atoms with Gasteiger partial charge in [0.1, 0.15) is 0 Å². The Balaban J connectivity index is 1.92. The quantitative estimate of drug-likeness (QED) is 0.706. The third kappa shape index (κ3) is 4.49. The zero-order chi connectivity index (χ0) is 11.8. The Labute approximate surface area is 103 Å². The molecule has 0 atom stereocenters. The van der Waals surface area contributed by atoms with E-state index in [1.807, 2.05) is 12.1 Å². The highest BCUT2D eigenvalue weighted by Gasteiger charge is 2.08. The van der Waals surface area contributed by atoms with Gasteiger partial charge >= 0.3 is 0 Å². The predicted octanol–water partition coefficient (Wildman–Crippen LogP) is 4.00. The lowest BCUT2D eigenvalue weighted by atomic mass is 9.97. The first-order chi connectivity index (χ1) is 8.45. The van der Waals surface area contributed by atoms with Crippen LogP contribution in [0.4, 0.5) is 5.69 Å². The summed E-state index contributed by atoms with van der Waals surface area (Å²) in [5.74, 6) is 0. The molecular weight excluding hydrogens is 210 g/mol. The average molecular weight is 229 g/mol. The lowest BCUT2D eigenvalue weighted by molar-refractivity contribution is 0.456. The molecule has 0 bridgehead atoms. The fourth-order valence-electron chi connectivity index (χ4n) is 2.15. The lowest BCUT2D eigenvalue weighted by Gasteiger charge is -2.13. The van der Waals surface area contributed by atoms with E-state index < -0.39 is 0 Å². The maximum atomic E-state index is 4.44. The van der Waals surface area contributed by atoms with Crippen LogP contribution in [-0.4, -0.2) is 17.0 Å². The summed E-state index contributed by atoms with van der Waals surface area (Å²) in [7, 11) is 0. The van der Waals surface area contributed by atoms with Crippen LogP contribution in [-0.2, 0) is 0 Å². The Kier molecular flexibility index (Phi) is 4.92. The molecule has 1 fully saturated rings. The highest BCUT2D eigenvalue weighted by atomic mass is 14.8. The molecule has 0 amide bonds. The van der Waals surface area contributed by atoms with Crippen LogP contribution in [0.1, 0.15) is 44.9 Å². The first-order valence-electron chi connectivity index (χ1n) is 6.51. The van der Waals surface area contributed by atoms with E-state index in [2.05, 4.69) is 21.0 Å². The molecule has 0 N–H and O–H groups in total. The van der Waals surface area contributed by atoms with Gasteiger partial charge in [-0.2, -0.15) is 4.99 Å². The topological polar surface area (TPSA) is 37.6 Å². The molecule has 0 radical (unpaired) electrons. The van der Waals surface area contributed by atoms with E-state index in [0.717, 1.165) is 5.69 Å². The molecule has 2 rings (SSSR count). The molecule has 90 valence electrons. The summed E-state index contributed by atoms with van der Waals surface area (Å²) >= 11 is 0. The summed E-state index contributed by atoms with van der Waals surface area (Å²) in [6, 6.07) is 7.00. The first-order valence-corrected chi connectivity index (χ1v) is 6.51. The van der Waals surface area contributed by atoms with Crippen LogP contribution in [0, 0.1) is 0 Å². The third-order valence-electron chi connectivity index (χ3n) is 3.16. The summed E-state index contributed by atoms with van der Waals surface area (Å²) in [6.07, 6.45) is 12.5. The SMILES string of the molecule is C(=Nc1ccncc1)=NC1CCCCCCC1. The molecule has 1 aromatic rings. The van der Waals surface area contributed by atoms with Crippen molar-refractivity contribution in [2.45, 2.75) is 51.0 Å². The zero-order valence-electron chi connectivity index (χ0n) is 10.2. The van der Waals surface area contributed by atoms with Gasteiger partial charge in [-0.1, -0.05) is 32.1 Å². The van der Waals surface area contributed by atoms with Gasteiger partial charge in [0.25, 0.3) is 0 Å². The van der Waals surface area contributed by atoms with Crippen LogP contribution >= 0.6 is 0 Å². The summed E-state index contributed by atoms with van der Waals surface area (Å²) in [4.78, 5) is 12.6. The Bertz CT molecular complexity index is 372. The number of hydrogen-bond acceptors (Lipinski definition) is 3. The highest BCUT2D eigenvalue weighted by molar-refractivity contribution is 5.51. The standard InChI is InChI=1S/C14H19N3/c1-2-4-6-13(7-5-3-1)16-12-17-14-8-10-15-11-9-14/h8-11,13H,1-7H2. The smallest absolute Gasteiger partial charge is 0.0951 e. The molecule has 1 aliphatic carbocycles. The molecule has 0 aliphatic heterocycles. The molecule has 0 spiro atoms. The molecule has 3 nitrogen and oxygen atoms in total. The Morgan fingerprint density at radius 2 is 1.65 bits per heavy atom. The van der Waals surface area contributed by atoms with Gasteiger partial charge < -0.3 is 0 Å². The van der Waals surface area contributed by atoms with E-state index in [1.165, 1.54) is 44.9 Å². The van der Waals surface area contributed by atoms with Gasteiger partial charge in [0.15, 0.2) is 0 Å². The molecule has 3 heteroatoms. The van der Waals surface area contributed by atoms with Gasteiger partial charge in [0.05, 0.1) is 17.7 Å². The van der Waals surface area contributed by atoms with Crippen LogP contribution in [0.5, 0.6) is 0 Å². The molecule has 1 aromatic heterocycles. The maximum Gasteiger partial charge on any atom is 0.0951 e. The summed E-state index contributed by atoms with van der Waals surface area (Å²) < 4.78 is 0. The molecule has 0 saturated heterocycles. The van der Waals surface area contributed by atoms with Crippen molar-refractivity contribution in [2.75, 3.05) is 0 Å². The van der Waals surface area contributed by atoms with E-state index in [1.54, 1.807) is 12.4 Å². The molecule has 17 heavy (non-hydrogen) atoms. The molecule has 1 heterocycles. The average Bonchev–Trinajstić information content (AvgIpc) is 2.33. The van der Waals surface area contributed by atoms with E-state index in [4.69, 9.17) is 0 Å². The molecule has 1 aliphatic rings. The third-order valence-corrected chi connectivity index (χ3v) is 3.16. The van der Waals surface area contributed by atoms with Crippen molar-refractivity contribution in [3.8, 4) is 0 Å². The Morgan fingerprint density at radius 3 is 2.35 bits per heavy atom. The van der Waals surface area contributed by atoms with Crippen molar-refractivity contribution in [1.82, 2.24) is 4.98 Å². The second kappa shape index (κ2) is 6.97.